The third kappa shape index (κ3) is 5.00. The Morgan fingerprint density at radius 2 is 1.71 bits per heavy atom. The fraction of sp³-hybridized carbons (Fsp3) is 0.176. The molecule has 0 bridgehead atoms. The maximum Gasteiger partial charge on any atom is 0.289 e. The number of nitrogens with one attached hydrogen (secondary N) is 1. The second kappa shape index (κ2) is 8.37. The van der Waals surface area contributed by atoms with Crippen molar-refractivity contribution in [3.8, 4) is 0 Å². The van der Waals surface area contributed by atoms with Crippen molar-refractivity contribution < 1.29 is 13.3 Å². The molecule has 0 amide bonds. The zero-order chi connectivity index (χ0) is 17.4. The smallest absolute Gasteiger partial charge is 0.258 e. The summed E-state index contributed by atoms with van der Waals surface area (Å²) in [7, 11) is -3.89. The molecule has 6 nitrogen and oxygen atoms in total. The van der Waals surface area contributed by atoms with Gasteiger partial charge in [-0.15, -0.1) is 0 Å². The Bertz CT molecular complexity index is 817. The topological polar surface area (TPSA) is 89.3 Å². The first kappa shape index (κ1) is 17.8. The summed E-state index contributed by atoms with van der Waals surface area (Å²) in [6.07, 6.45) is 5.24. The van der Waals surface area contributed by atoms with E-state index in [0.717, 1.165) is 5.56 Å². The van der Waals surface area contributed by atoms with E-state index in [1.54, 1.807) is 0 Å². The van der Waals surface area contributed by atoms with Gasteiger partial charge in [-0.25, -0.2) is 13.1 Å². The molecule has 0 saturated carbocycles. The van der Waals surface area contributed by atoms with Crippen LogP contribution in [0.15, 0.2) is 65.6 Å². The average Bonchev–Trinajstić information content (AvgIpc) is 2.59. The van der Waals surface area contributed by atoms with Gasteiger partial charge in [-0.1, -0.05) is 54.6 Å². The Kier molecular flexibility index (Phi) is 6.22. The van der Waals surface area contributed by atoms with Gasteiger partial charge in [-0.05, 0) is 24.5 Å². The van der Waals surface area contributed by atoms with Crippen molar-refractivity contribution in [2.45, 2.75) is 17.7 Å². The summed E-state index contributed by atoms with van der Waals surface area (Å²) in [5, 5.41) is 10.9. The van der Waals surface area contributed by atoms with Gasteiger partial charge >= 0.3 is 0 Å². The van der Waals surface area contributed by atoms with Crippen LogP contribution in [0.3, 0.4) is 0 Å². The number of allylic oxidation sites excluding steroid dienone is 1. The first-order chi connectivity index (χ1) is 11.5. The molecular weight excluding hydrogens is 328 g/mol. The number of nitro benzene ring substituents is 1. The van der Waals surface area contributed by atoms with Crippen molar-refractivity contribution in [2.24, 2.45) is 0 Å². The Labute approximate surface area is 141 Å². The van der Waals surface area contributed by atoms with Crippen LogP contribution in [0, 0.1) is 10.1 Å². The standard InChI is InChI=1S/C17H18N2O4S/c20-19(21)16-12-6-7-13-17(16)24(22,23)18-14-8-2-5-11-15-9-3-1-4-10-15/h1,3-7,9-13,18H,2,8,14H2/b11-5+. The highest BCUT2D eigenvalue weighted by Crippen LogP contribution is 2.22. The molecule has 2 rings (SSSR count). The van der Waals surface area contributed by atoms with E-state index in [-0.39, 0.29) is 11.4 Å². The molecule has 126 valence electrons. The fourth-order valence-electron chi connectivity index (χ4n) is 2.12. The van der Waals surface area contributed by atoms with Crippen LogP contribution in [0.4, 0.5) is 5.69 Å². The molecule has 0 aliphatic carbocycles. The van der Waals surface area contributed by atoms with Crippen molar-refractivity contribution in [3.05, 3.63) is 76.4 Å². The molecule has 0 aliphatic rings. The summed E-state index contributed by atoms with van der Waals surface area (Å²) in [6, 6.07) is 15.1. The maximum absolute atomic E-state index is 12.2. The molecule has 2 aromatic carbocycles. The molecule has 0 aromatic heterocycles. The lowest BCUT2D eigenvalue weighted by Gasteiger charge is -2.06. The van der Waals surface area contributed by atoms with Gasteiger partial charge < -0.3 is 0 Å². The highest BCUT2D eigenvalue weighted by Gasteiger charge is 2.24. The van der Waals surface area contributed by atoms with Crippen LogP contribution >= 0.6 is 0 Å². The number of hydrogen-bond acceptors (Lipinski definition) is 4. The predicted molar refractivity (Wildman–Crippen MR) is 93.0 cm³/mol. The summed E-state index contributed by atoms with van der Waals surface area (Å²) in [4.78, 5) is 9.91. The molecule has 0 radical (unpaired) electrons. The van der Waals surface area contributed by atoms with Gasteiger partial charge in [-0.3, -0.25) is 10.1 Å². The van der Waals surface area contributed by atoms with E-state index in [0.29, 0.717) is 12.8 Å². The van der Waals surface area contributed by atoms with Crippen molar-refractivity contribution in [1.29, 1.82) is 0 Å². The van der Waals surface area contributed by atoms with E-state index < -0.39 is 20.6 Å². The molecule has 24 heavy (non-hydrogen) atoms. The van der Waals surface area contributed by atoms with Gasteiger partial charge in [0.2, 0.25) is 10.0 Å². The van der Waals surface area contributed by atoms with Crippen molar-refractivity contribution >= 4 is 21.8 Å². The van der Waals surface area contributed by atoms with E-state index in [2.05, 4.69) is 4.72 Å². The Balaban J connectivity index is 1.88. The summed E-state index contributed by atoms with van der Waals surface area (Å²) in [5.41, 5.74) is 0.659. The normalized spacial score (nSPS) is 11.7. The number of nitrogens with zero attached hydrogens (tertiary/aromatic N) is 1. The minimum atomic E-state index is -3.89. The van der Waals surface area contributed by atoms with Crippen molar-refractivity contribution in [1.82, 2.24) is 4.72 Å². The van der Waals surface area contributed by atoms with Crippen LogP contribution < -0.4 is 4.72 Å². The molecule has 2 aromatic rings. The van der Waals surface area contributed by atoms with Crippen molar-refractivity contribution in [2.75, 3.05) is 6.54 Å². The lowest BCUT2D eigenvalue weighted by Crippen LogP contribution is -2.25. The molecule has 0 unspecified atom stereocenters. The molecule has 0 heterocycles. The van der Waals surface area contributed by atoms with Gasteiger partial charge in [0.05, 0.1) is 4.92 Å². The molecule has 7 heteroatoms. The second-order valence-electron chi connectivity index (χ2n) is 5.08. The van der Waals surface area contributed by atoms with E-state index in [4.69, 9.17) is 0 Å². The number of benzene rings is 2. The zero-order valence-electron chi connectivity index (χ0n) is 13.0. The predicted octanol–water partition coefficient (Wildman–Crippen LogP) is 3.37. The molecule has 0 spiro atoms. The SMILES string of the molecule is O=[N+]([O-])c1ccccc1S(=O)(=O)NCCC/C=C/c1ccccc1. The Morgan fingerprint density at radius 3 is 2.42 bits per heavy atom. The van der Waals surface area contributed by atoms with Crippen LogP contribution in [0.2, 0.25) is 0 Å². The average molecular weight is 346 g/mol. The number of nitro groups is 1. The Hall–Kier alpha value is -2.51. The van der Waals surface area contributed by atoms with Gasteiger partial charge in [0, 0.05) is 12.6 Å². The first-order valence-corrected chi connectivity index (χ1v) is 8.94. The van der Waals surface area contributed by atoms with Crippen LogP contribution in [0.1, 0.15) is 18.4 Å². The zero-order valence-corrected chi connectivity index (χ0v) is 13.8. The number of sulfonamides is 1. The van der Waals surface area contributed by atoms with E-state index >= 15 is 0 Å². The molecular formula is C17H18N2O4S. The highest BCUT2D eigenvalue weighted by molar-refractivity contribution is 7.89. The van der Waals surface area contributed by atoms with E-state index in [9.17, 15) is 18.5 Å². The molecule has 0 aliphatic heterocycles. The van der Waals surface area contributed by atoms with Gasteiger partial charge in [0.15, 0.2) is 4.90 Å². The first-order valence-electron chi connectivity index (χ1n) is 7.45. The monoisotopic (exact) mass is 346 g/mol. The van der Waals surface area contributed by atoms with Gasteiger partial charge in [-0.2, -0.15) is 0 Å². The van der Waals surface area contributed by atoms with E-state index in [1.165, 1.54) is 24.3 Å². The van der Waals surface area contributed by atoms with E-state index in [1.807, 2.05) is 42.5 Å². The maximum atomic E-state index is 12.2. The highest BCUT2D eigenvalue weighted by atomic mass is 32.2. The minimum absolute atomic E-state index is 0.216. The largest absolute Gasteiger partial charge is 0.289 e. The van der Waals surface area contributed by atoms with Crippen molar-refractivity contribution in [3.63, 3.8) is 0 Å². The molecule has 0 fully saturated rings. The third-order valence-corrected chi connectivity index (χ3v) is 4.81. The third-order valence-electron chi connectivity index (χ3n) is 3.30. The number of para-hydroxylation sites is 1. The summed E-state index contributed by atoms with van der Waals surface area (Å²) >= 11 is 0. The molecule has 0 saturated heterocycles. The number of hydrogen-bond donors (Lipinski definition) is 1. The summed E-state index contributed by atoms with van der Waals surface area (Å²) < 4.78 is 26.8. The minimum Gasteiger partial charge on any atom is -0.258 e. The fourth-order valence-corrected chi connectivity index (χ4v) is 3.37. The van der Waals surface area contributed by atoms with Gasteiger partial charge in [0.25, 0.3) is 5.69 Å². The summed E-state index contributed by atoms with van der Waals surface area (Å²) in [5.74, 6) is 0. The lowest BCUT2D eigenvalue weighted by molar-refractivity contribution is -0.387. The van der Waals surface area contributed by atoms with Crippen LogP contribution in [-0.2, 0) is 10.0 Å². The summed E-state index contributed by atoms with van der Waals surface area (Å²) in [6.45, 7) is 0.216. The van der Waals surface area contributed by atoms with Crippen LogP contribution in [0.25, 0.3) is 6.08 Å². The number of rotatable bonds is 8. The molecule has 1 N–H and O–H groups in total. The molecule has 0 atom stereocenters. The second-order valence-corrected chi connectivity index (χ2v) is 6.81. The Morgan fingerprint density at radius 1 is 1.04 bits per heavy atom. The lowest BCUT2D eigenvalue weighted by atomic mass is 10.2. The quantitative estimate of drug-likeness (QED) is 0.451. The van der Waals surface area contributed by atoms with Crippen LogP contribution in [-0.4, -0.2) is 19.9 Å². The van der Waals surface area contributed by atoms with Gasteiger partial charge in [0.1, 0.15) is 0 Å². The number of unbranched alkanes of at least 4 members (excludes halogenated alkanes) is 1. The van der Waals surface area contributed by atoms with Crippen LogP contribution in [0.5, 0.6) is 0 Å².